The molecule has 0 aromatic rings. The Labute approximate surface area is 117 Å². The molecule has 1 N–H and O–H groups in total. The minimum atomic E-state index is -0.857. The van der Waals surface area contributed by atoms with Crippen LogP contribution in [0.2, 0.25) is 0 Å². The molecule has 1 rings (SSSR count). The third-order valence-electron chi connectivity index (χ3n) is 4.03. The van der Waals surface area contributed by atoms with E-state index in [9.17, 15) is 9.90 Å². The van der Waals surface area contributed by atoms with Gasteiger partial charge in [-0.05, 0) is 57.8 Å². The lowest BCUT2D eigenvalue weighted by molar-refractivity contribution is -0.162. The van der Waals surface area contributed by atoms with Crippen molar-refractivity contribution in [1.29, 1.82) is 0 Å². The highest BCUT2D eigenvalue weighted by atomic mass is 16.6. The van der Waals surface area contributed by atoms with Crippen molar-refractivity contribution < 1.29 is 14.6 Å². The molecule has 1 saturated carbocycles. The molecule has 0 aliphatic heterocycles. The predicted octanol–water partition coefficient (Wildman–Crippen LogP) is 3.69. The Morgan fingerprint density at radius 1 is 1.16 bits per heavy atom. The minimum absolute atomic E-state index is 0.126. The molecule has 0 aromatic carbocycles. The molecular formula is C16H30O3. The lowest BCUT2D eigenvalue weighted by Crippen LogP contribution is -2.40. The first kappa shape index (κ1) is 16.5. The average Bonchev–Trinajstić information content (AvgIpc) is 2.11. The molecule has 112 valence electrons. The van der Waals surface area contributed by atoms with E-state index in [0.717, 1.165) is 12.8 Å². The van der Waals surface area contributed by atoms with Gasteiger partial charge in [-0.1, -0.05) is 20.8 Å². The largest absolute Gasteiger partial charge is 0.460 e. The van der Waals surface area contributed by atoms with E-state index >= 15 is 0 Å². The van der Waals surface area contributed by atoms with E-state index in [2.05, 4.69) is 20.8 Å². The van der Waals surface area contributed by atoms with Crippen LogP contribution in [0.4, 0.5) is 0 Å². The van der Waals surface area contributed by atoms with Crippen LogP contribution in [0.1, 0.15) is 73.6 Å². The summed E-state index contributed by atoms with van der Waals surface area (Å²) in [6, 6.07) is 0. The van der Waals surface area contributed by atoms with Crippen molar-refractivity contribution in [2.24, 2.45) is 11.3 Å². The Hall–Kier alpha value is -0.570. The highest BCUT2D eigenvalue weighted by Crippen LogP contribution is 2.42. The number of ether oxygens (including phenoxy) is 1. The van der Waals surface area contributed by atoms with Gasteiger partial charge in [0.2, 0.25) is 0 Å². The van der Waals surface area contributed by atoms with E-state index in [0.29, 0.717) is 18.8 Å². The molecule has 1 fully saturated rings. The number of rotatable bonds is 2. The van der Waals surface area contributed by atoms with Crippen LogP contribution in [0.25, 0.3) is 0 Å². The van der Waals surface area contributed by atoms with Gasteiger partial charge in [0.15, 0.2) is 0 Å². The Balaban J connectivity index is 2.50. The summed E-state index contributed by atoms with van der Waals surface area (Å²) in [6.07, 6.45) is 3.51. The Bertz CT molecular complexity index is 312. The molecule has 1 aliphatic rings. The van der Waals surface area contributed by atoms with Gasteiger partial charge in [-0.3, -0.25) is 4.79 Å². The van der Waals surface area contributed by atoms with E-state index < -0.39 is 11.2 Å². The van der Waals surface area contributed by atoms with Crippen LogP contribution in [0.5, 0.6) is 0 Å². The lowest BCUT2D eigenvalue weighted by atomic mass is 9.68. The molecule has 3 nitrogen and oxygen atoms in total. The molecule has 0 atom stereocenters. The summed E-state index contributed by atoms with van der Waals surface area (Å²) in [5.41, 5.74) is -1.05. The van der Waals surface area contributed by atoms with Crippen molar-refractivity contribution in [2.75, 3.05) is 0 Å². The fraction of sp³-hybridized carbons (Fsp3) is 0.938. The number of esters is 1. The highest BCUT2D eigenvalue weighted by molar-refractivity contribution is 5.71. The zero-order valence-corrected chi connectivity index (χ0v) is 13.4. The van der Waals surface area contributed by atoms with Crippen molar-refractivity contribution in [3.63, 3.8) is 0 Å². The summed E-state index contributed by atoms with van der Waals surface area (Å²) in [7, 11) is 0. The molecule has 0 bridgehead atoms. The third-order valence-corrected chi connectivity index (χ3v) is 4.03. The van der Waals surface area contributed by atoms with Crippen molar-refractivity contribution in [3.05, 3.63) is 0 Å². The second kappa shape index (κ2) is 5.43. The maximum absolute atomic E-state index is 11.8. The van der Waals surface area contributed by atoms with Crippen molar-refractivity contribution in [1.82, 2.24) is 0 Å². The van der Waals surface area contributed by atoms with Gasteiger partial charge in [-0.25, -0.2) is 0 Å². The standard InChI is InChI=1S/C16H30O3/c1-14(2,3)12-7-9-16(18,10-8-12)11-13(17)19-15(4,5)6/h12,18H,7-11H2,1-6H3. The molecule has 19 heavy (non-hydrogen) atoms. The first-order valence-electron chi connectivity index (χ1n) is 7.36. The first-order chi connectivity index (χ1) is 8.41. The number of hydrogen-bond acceptors (Lipinski definition) is 3. The summed E-state index contributed by atoms with van der Waals surface area (Å²) >= 11 is 0. The SMILES string of the molecule is CC(C)(C)OC(=O)CC1(O)CCC(C(C)(C)C)CC1. The van der Waals surface area contributed by atoms with Crippen LogP contribution < -0.4 is 0 Å². The number of carbonyl (C=O) groups is 1. The normalized spacial score (nSPS) is 29.1. The lowest BCUT2D eigenvalue weighted by Gasteiger charge is -2.41. The van der Waals surface area contributed by atoms with E-state index in [4.69, 9.17) is 4.74 Å². The second-order valence-corrected chi connectivity index (χ2v) is 8.13. The highest BCUT2D eigenvalue weighted by Gasteiger charge is 2.39. The molecule has 0 unspecified atom stereocenters. The Morgan fingerprint density at radius 2 is 1.63 bits per heavy atom. The Morgan fingerprint density at radius 3 is 2.00 bits per heavy atom. The maximum atomic E-state index is 11.8. The monoisotopic (exact) mass is 270 g/mol. The molecule has 0 aromatic heterocycles. The molecule has 0 amide bonds. The molecule has 0 radical (unpaired) electrons. The maximum Gasteiger partial charge on any atom is 0.309 e. The molecule has 0 heterocycles. The van der Waals surface area contributed by atoms with Gasteiger partial charge in [0.25, 0.3) is 0 Å². The van der Waals surface area contributed by atoms with Gasteiger partial charge in [0, 0.05) is 0 Å². The number of hydrogen-bond donors (Lipinski definition) is 1. The van der Waals surface area contributed by atoms with Crippen LogP contribution >= 0.6 is 0 Å². The number of aliphatic hydroxyl groups is 1. The van der Waals surface area contributed by atoms with Crippen molar-refractivity contribution in [3.8, 4) is 0 Å². The summed E-state index contributed by atoms with van der Waals surface area (Å²) in [5, 5.41) is 10.5. The fourth-order valence-electron chi connectivity index (χ4n) is 2.84. The van der Waals surface area contributed by atoms with Gasteiger partial charge in [-0.2, -0.15) is 0 Å². The van der Waals surface area contributed by atoms with E-state index in [1.54, 1.807) is 0 Å². The summed E-state index contributed by atoms with van der Waals surface area (Å²) in [6.45, 7) is 12.3. The van der Waals surface area contributed by atoms with Crippen LogP contribution in [-0.4, -0.2) is 22.3 Å². The minimum Gasteiger partial charge on any atom is -0.460 e. The van der Waals surface area contributed by atoms with Crippen LogP contribution in [0, 0.1) is 11.3 Å². The molecular weight excluding hydrogens is 240 g/mol. The van der Waals surface area contributed by atoms with Crippen LogP contribution in [0.15, 0.2) is 0 Å². The topological polar surface area (TPSA) is 46.5 Å². The smallest absolute Gasteiger partial charge is 0.309 e. The third kappa shape index (κ3) is 5.52. The number of carbonyl (C=O) groups excluding carboxylic acids is 1. The van der Waals surface area contributed by atoms with Crippen molar-refractivity contribution >= 4 is 5.97 Å². The summed E-state index contributed by atoms with van der Waals surface area (Å²) < 4.78 is 5.30. The summed E-state index contributed by atoms with van der Waals surface area (Å²) in [5.74, 6) is 0.343. The van der Waals surface area contributed by atoms with Crippen LogP contribution in [-0.2, 0) is 9.53 Å². The molecule has 1 aliphatic carbocycles. The molecule has 0 saturated heterocycles. The zero-order valence-electron chi connectivity index (χ0n) is 13.4. The summed E-state index contributed by atoms with van der Waals surface area (Å²) in [4.78, 5) is 11.8. The fourth-order valence-corrected chi connectivity index (χ4v) is 2.84. The predicted molar refractivity (Wildman–Crippen MR) is 76.8 cm³/mol. The van der Waals surface area contributed by atoms with Crippen LogP contribution in [0.3, 0.4) is 0 Å². The van der Waals surface area contributed by atoms with E-state index in [1.807, 2.05) is 20.8 Å². The molecule has 0 spiro atoms. The molecule has 3 heteroatoms. The first-order valence-corrected chi connectivity index (χ1v) is 7.36. The van der Waals surface area contributed by atoms with Gasteiger partial charge >= 0.3 is 5.97 Å². The Kier molecular flexibility index (Phi) is 4.71. The van der Waals surface area contributed by atoms with Gasteiger partial charge in [0.1, 0.15) is 5.60 Å². The quantitative estimate of drug-likeness (QED) is 0.778. The second-order valence-electron chi connectivity index (χ2n) is 8.13. The van der Waals surface area contributed by atoms with Crippen molar-refractivity contribution in [2.45, 2.75) is 84.8 Å². The van der Waals surface area contributed by atoms with Gasteiger partial charge < -0.3 is 9.84 Å². The van der Waals surface area contributed by atoms with E-state index in [-0.39, 0.29) is 17.8 Å². The van der Waals surface area contributed by atoms with Gasteiger partial charge in [-0.15, -0.1) is 0 Å². The van der Waals surface area contributed by atoms with Gasteiger partial charge in [0.05, 0.1) is 12.0 Å². The average molecular weight is 270 g/mol. The van der Waals surface area contributed by atoms with E-state index in [1.165, 1.54) is 0 Å². The zero-order chi connectivity index (χ0) is 14.9.